The van der Waals surface area contributed by atoms with Crippen LogP contribution in [0.3, 0.4) is 0 Å². The summed E-state index contributed by atoms with van der Waals surface area (Å²) in [7, 11) is 0. The number of aromatic nitrogens is 2. The predicted molar refractivity (Wildman–Crippen MR) is 61.0 cm³/mol. The maximum Gasteiger partial charge on any atom is 0.222 e. The Kier molecular flexibility index (Phi) is 4.58. The van der Waals surface area contributed by atoms with Crippen molar-refractivity contribution in [1.82, 2.24) is 9.97 Å². The molecule has 0 spiro atoms. The SMILES string of the molecule is CCOC(C)CNc1nc(N)ncc1Cl. The third-order valence-electron chi connectivity index (χ3n) is 1.77. The molecular formula is C9H15ClN4O. The fourth-order valence-corrected chi connectivity index (χ4v) is 1.25. The number of anilines is 2. The molecular weight excluding hydrogens is 216 g/mol. The Labute approximate surface area is 94.0 Å². The Hall–Kier alpha value is -1.07. The topological polar surface area (TPSA) is 73.1 Å². The molecule has 1 heterocycles. The molecule has 5 nitrogen and oxygen atoms in total. The van der Waals surface area contributed by atoms with E-state index in [0.29, 0.717) is 24.0 Å². The lowest BCUT2D eigenvalue weighted by molar-refractivity contribution is 0.0855. The Morgan fingerprint density at radius 1 is 1.67 bits per heavy atom. The molecule has 1 aromatic rings. The van der Waals surface area contributed by atoms with E-state index in [-0.39, 0.29) is 12.1 Å². The molecule has 6 heteroatoms. The zero-order chi connectivity index (χ0) is 11.3. The lowest BCUT2D eigenvalue weighted by atomic mass is 10.4. The largest absolute Gasteiger partial charge is 0.377 e. The van der Waals surface area contributed by atoms with E-state index < -0.39 is 0 Å². The van der Waals surface area contributed by atoms with Crippen molar-refractivity contribution in [3.05, 3.63) is 11.2 Å². The summed E-state index contributed by atoms with van der Waals surface area (Å²) >= 11 is 5.87. The highest BCUT2D eigenvalue weighted by atomic mass is 35.5. The smallest absolute Gasteiger partial charge is 0.222 e. The Bertz CT molecular complexity index is 321. The average molecular weight is 231 g/mol. The van der Waals surface area contributed by atoms with Gasteiger partial charge in [-0.1, -0.05) is 11.6 Å². The van der Waals surface area contributed by atoms with Crippen molar-refractivity contribution in [2.75, 3.05) is 24.2 Å². The Balaban J connectivity index is 2.53. The minimum Gasteiger partial charge on any atom is -0.377 e. The second-order valence-electron chi connectivity index (χ2n) is 3.07. The first kappa shape index (κ1) is 12.0. The van der Waals surface area contributed by atoms with Gasteiger partial charge < -0.3 is 15.8 Å². The van der Waals surface area contributed by atoms with Gasteiger partial charge in [0.05, 0.1) is 12.3 Å². The highest BCUT2D eigenvalue weighted by molar-refractivity contribution is 6.32. The molecule has 0 amide bonds. The van der Waals surface area contributed by atoms with E-state index in [0.717, 1.165) is 0 Å². The molecule has 0 aliphatic heterocycles. The third kappa shape index (κ3) is 3.89. The van der Waals surface area contributed by atoms with Gasteiger partial charge in [0.15, 0.2) is 5.82 Å². The van der Waals surface area contributed by atoms with Crippen LogP contribution < -0.4 is 11.1 Å². The minimum absolute atomic E-state index is 0.0993. The third-order valence-corrected chi connectivity index (χ3v) is 2.05. The quantitative estimate of drug-likeness (QED) is 0.803. The molecule has 84 valence electrons. The van der Waals surface area contributed by atoms with Gasteiger partial charge in [-0.3, -0.25) is 0 Å². The summed E-state index contributed by atoms with van der Waals surface area (Å²) < 4.78 is 5.35. The van der Waals surface area contributed by atoms with E-state index in [2.05, 4.69) is 15.3 Å². The Morgan fingerprint density at radius 3 is 3.07 bits per heavy atom. The number of ether oxygens (including phenoxy) is 1. The van der Waals surface area contributed by atoms with Gasteiger partial charge in [-0.05, 0) is 13.8 Å². The fraction of sp³-hybridized carbons (Fsp3) is 0.556. The average Bonchev–Trinajstić information content (AvgIpc) is 2.20. The molecule has 1 unspecified atom stereocenters. The van der Waals surface area contributed by atoms with Gasteiger partial charge in [0.2, 0.25) is 5.95 Å². The van der Waals surface area contributed by atoms with Crippen molar-refractivity contribution in [3.8, 4) is 0 Å². The van der Waals surface area contributed by atoms with Crippen molar-refractivity contribution in [2.24, 2.45) is 0 Å². The van der Waals surface area contributed by atoms with Crippen molar-refractivity contribution >= 4 is 23.4 Å². The molecule has 3 N–H and O–H groups in total. The minimum atomic E-state index is 0.0993. The van der Waals surface area contributed by atoms with Crippen LogP contribution in [-0.4, -0.2) is 29.2 Å². The number of halogens is 1. The molecule has 0 radical (unpaired) electrons. The molecule has 15 heavy (non-hydrogen) atoms. The Morgan fingerprint density at radius 2 is 2.40 bits per heavy atom. The van der Waals surface area contributed by atoms with Crippen LogP contribution in [0.4, 0.5) is 11.8 Å². The number of nitrogens with two attached hydrogens (primary N) is 1. The van der Waals surface area contributed by atoms with Crippen molar-refractivity contribution in [2.45, 2.75) is 20.0 Å². The zero-order valence-electron chi connectivity index (χ0n) is 8.83. The molecule has 0 aliphatic rings. The first-order valence-electron chi connectivity index (χ1n) is 4.77. The number of nitrogens with zero attached hydrogens (tertiary/aromatic N) is 2. The molecule has 1 rings (SSSR count). The van der Waals surface area contributed by atoms with Crippen molar-refractivity contribution in [1.29, 1.82) is 0 Å². The highest BCUT2D eigenvalue weighted by Crippen LogP contribution is 2.18. The van der Waals surface area contributed by atoms with E-state index in [4.69, 9.17) is 22.1 Å². The molecule has 1 atom stereocenters. The monoisotopic (exact) mass is 230 g/mol. The predicted octanol–water partition coefficient (Wildman–Crippen LogP) is 1.55. The number of rotatable bonds is 5. The number of nitrogens with one attached hydrogen (secondary N) is 1. The van der Waals surface area contributed by atoms with Crippen molar-refractivity contribution < 1.29 is 4.74 Å². The summed E-state index contributed by atoms with van der Waals surface area (Å²) in [6.07, 6.45) is 1.57. The molecule has 0 saturated carbocycles. The molecule has 0 bridgehead atoms. The molecule has 0 fully saturated rings. The lowest BCUT2D eigenvalue weighted by Gasteiger charge is -2.13. The van der Waals surface area contributed by atoms with E-state index >= 15 is 0 Å². The molecule has 0 aromatic carbocycles. The van der Waals surface area contributed by atoms with Crippen LogP contribution in [-0.2, 0) is 4.74 Å². The van der Waals surface area contributed by atoms with Crippen LogP contribution in [0.15, 0.2) is 6.20 Å². The van der Waals surface area contributed by atoms with Crippen LogP contribution in [0.1, 0.15) is 13.8 Å². The first-order chi connectivity index (χ1) is 7.13. The van der Waals surface area contributed by atoms with E-state index in [1.165, 1.54) is 6.20 Å². The van der Waals surface area contributed by atoms with Gasteiger partial charge in [0, 0.05) is 13.2 Å². The van der Waals surface area contributed by atoms with Crippen LogP contribution in [0, 0.1) is 0 Å². The number of hydrogen-bond acceptors (Lipinski definition) is 5. The standard InChI is InChI=1S/C9H15ClN4O/c1-3-15-6(2)4-12-8-7(10)5-13-9(11)14-8/h5-6H,3-4H2,1-2H3,(H3,11,12,13,14). The van der Waals surface area contributed by atoms with Gasteiger partial charge in [-0.15, -0.1) is 0 Å². The van der Waals surface area contributed by atoms with Gasteiger partial charge in [0.1, 0.15) is 5.02 Å². The fourth-order valence-electron chi connectivity index (χ4n) is 1.09. The first-order valence-corrected chi connectivity index (χ1v) is 5.14. The van der Waals surface area contributed by atoms with Crippen LogP contribution in [0.25, 0.3) is 0 Å². The summed E-state index contributed by atoms with van der Waals surface area (Å²) in [4.78, 5) is 7.74. The van der Waals surface area contributed by atoms with Crippen LogP contribution >= 0.6 is 11.6 Å². The molecule has 0 aliphatic carbocycles. The summed E-state index contributed by atoms with van der Waals surface area (Å²) in [5.74, 6) is 0.738. The summed E-state index contributed by atoms with van der Waals surface area (Å²) in [5.41, 5.74) is 5.44. The van der Waals surface area contributed by atoms with Gasteiger partial charge >= 0.3 is 0 Å². The number of hydrogen-bond donors (Lipinski definition) is 2. The van der Waals surface area contributed by atoms with Gasteiger partial charge in [-0.2, -0.15) is 4.98 Å². The second kappa shape index (κ2) is 5.72. The van der Waals surface area contributed by atoms with Crippen LogP contribution in [0.2, 0.25) is 5.02 Å². The maximum absolute atomic E-state index is 5.87. The molecule has 0 saturated heterocycles. The number of nitrogen functional groups attached to an aromatic ring is 1. The van der Waals surface area contributed by atoms with E-state index in [9.17, 15) is 0 Å². The normalized spacial score (nSPS) is 12.5. The van der Waals surface area contributed by atoms with E-state index in [1.54, 1.807) is 0 Å². The summed E-state index contributed by atoms with van der Waals surface area (Å²) in [6, 6.07) is 0. The lowest BCUT2D eigenvalue weighted by Crippen LogP contribution is -2.20. The van der Waals surface area contributed by atoms with Gasteiger partial charge in [0.25, 0.3) is 0 Å². The zero-order valence-corrected chi connectivity index (χ0v) is 9.58. The second-order valence-corrected chi connectivity index (χ2v) is 3.48. The van der Waals surface area contributed by atoms with E-state index in [1.807, 2.05) is 13.8 Å². The van der Waals surface area contributed by atoms with Gasteiger partial charge in [-0.25, -0.2) is 4.98 Å². The summed E-state index contributed by atoms with van der Waals surface area (Å²) in [6.45, 7) is 5.23. The summed E-state index contributed by atoms with van der Waals surface area (Å²) in [5, 5.41) is 3.50. The molecule has 1 aromatic heterocycles. The van der Waals surface area contributed by atoms with Crippen molar-refractivity contribution in [3.63, 3.8) is 0 Å². The van der Waals surface area contributed by atoms with Crippen LogP contribution in [0.5, 0.6) is 0 Å². The maximum atomic E-state index is 5.87. The highest BCUT2D eigenvalue weighted by Gasteiger charge is 2.05.